The monoisotopic (exact) mass is 316 g/mol. The zero-order chi connectivity index (χ0) is 14.9. The lowest BCUT2D eigenvalue weighted by atomic mass is 9.73. The van der Waals surface area contributed by atoms with Crippen LogP contribution in [0.1, 0.15) is 26.7 Å². The third-order valence-electron chi connectivity index (χ3n) is 3.75. The molecule has 0 amide bonds. The van der Waals surface area contributed by atoms with Crippen molar-refractivity contribution in [1.82, 2.24) is 0 Å². The van der Waals surface area contributed by atoms with Gasteiger partial charge in [-0.05, 0) is 42.9 Å². The summed E-state index contributed by atoms with van der Waals surface area (Å²) in [5, 5.41) is 4.00. The first-order chi connectivity index (χ1) is 9.24. The molecule has 112 valence electrons. The van der Waals surface area contributed by atoms with Crippen molar-refractivity contribution in [3.8, 4) is 0 Å². The van der Waals surface area contributed by atoms with E-state index in [2.05, 4.69) is 23.9 Å². The number of rotatable bonds is 5. The first-order valence-corrected chi connectivity index (χ1v) is 9.05. The SMILES string of the molecule is CC(C)C1CC(Nc2cc(NS(C)(=O)=O)ccc2Cl)C1. The van der Waals surface area contributed by atoms with Crippen LogP contribution in [0, 0.1) is 11.8 Å². The van der Waals surface area contributed by atoms with E-state index in [1.165, 1.54) is 0 Å². The van der Waals surface area contributed by atoms with Gasteiger partial charge in [0.25, 0.3) is 0 Å². The molecular formula is C14H21ClN2O2S. The van der Waals surface area contributed by atoms with Crippen LogP contribution in [0.3, 0.4) is 0 Å². The van der Waals surface area contributed by atoms with E-state index in [-0.39, 0.29) is 0 Å². The van der Waals surface area contributed by atoms with E-state index in [1.54, 1.807) is 18.2 Å². The molecule has 0 unspecified atom stereocenters. The van der Waals surface area contributed by atoms with Crippen molar-refractivity contribution in [2.45, 2.75) is 32.7 Å². The zero-order valence-electron chi connectivity index (χ0n) is 12.0. The van der Waals surface area contributed by atoms with Crippen molar-refractivity contribution in [3.05, 3.63) is 23.2 Å². The summed E-state index contributed by atoms with van der Waals surface area (Å²) in [7, 11) is -3.27. The molecular weight excluding hydrogens is 296 g/mol. The Morgan fingerprint density at radius 1 is 1.30 bits per heavy atom. The molecule has 0 radical (unpaired) electrons. The van der Waals surface area contributed by atoms with E-state index < -0.39 is 10.0 Å². The number of anilines is 2. The predicted molar refractivity (Wildman–Crippen MR) is 84.9 cm³/mol. The molecule has 20 heavy (non-hydrogen) atoms. The number of benzene rings is 1. The predicted octanol–water partition coefficient (Wildman–Crippen LogP) is 3.56. The van der Waals surface area contributed by atoms with Gasteiger partial charge in [0.2, 0.25) is 10.0 Å². The Hall–Kier alpha value is -0.940. The molecule has 2 rings (SSSR count). The summed E-state index contributed by atoms with van der Waals surface area (Å²) in [6.07, 6.45) is 3.41. The van der Waals surface area contributed by atoms with E-state index >= 15 is 0 Å². The van der Waals surface area contributed by atoms with Crippen molar-refractivity contribution in [2.24, 2.45) is 11.8 Å². The first-order valence-electron chi connectivity index (χ1n) is 6.78. The Morgan fingerprint density at radius 2 is 1.95 bits per heavy atom. The number of hydrogen-bond donors (Lipinski definition) is 2. The second-order valence-corrected chi connectivity index (χ2v) is 8.04. The fraction of sp³-hybridized carbons (Fsp3) is 0.571. The van der Waals surface area contributed by atoms with Gasteiger partial charge in [-0.1, -0.05) is 25.4 Å². The second-order valence-electron chi connectivity index (χ2n) is 5.89. The molecule has 1 aromatic rings. The quantitative estimate of drug-likeness (QED) is 0.873. The molecule has 0 aliphatic heterocycles. The summed E-state index contributed by atoms with van der Waals surface area (Å²) in [6.45, 7) is 4.48. The lowest BCUT2D eigenvalue weighted by molar-refractivity contribution is 0.212. The maximum absolute atomic E-state index is 11.2. The molecule has 4 nitrogen and oxygen atoms in total. The van der Waals surface area contributed by atoms with Crippen LogP contribution in [-0.4, -0.2) is 20.7 Å². The Labute approximate surface area is 126 Å². The van der Waals surface area contributed by atoms with Gasteiger partial charge in [0.15, 0.2) is 0 Å². The number of halogens is 1. The summed E-state index contributed by atoms with van der Waals surface area (Å²) in [5.74, 6) is 1.48. The Balaban J connectivity index is 2.03. The summed E-state index contributed by atoms with van der Waals surface area (Å²) in [5.41, 5.74) is 1.31. The maximum Gasteiger partial charge on any atom is 0.229 e. The Morgan fingerprint density at radius 3 is 2.50 bits per heavy atom. The highest BCUT2D eigenvalue weighted by Crippen LogP contribution is 2.37. The topological polar surface area (TPSA) is 58.2 Å². The minimum absolute atomic E-state index is 0.424. The van der Waals surface area contributed by atoms with Crippen LogP contribution in [0.5, 0.6) is 0 Å². The lowest BCUT2D eigenvalue weighted by Gasteiger charge is -2.39. The molecule has 0 aromatic heterocycles. The van der Waals surface area contributed by atoms with Crippen LogP contribution >= 0.6 is 11.6 Å². The molecule has 2 N–H and O–H groups in total. The molecule has 1 saturated carbocycles. The third-order valence-corrected chi connectivity index (χ3v) is 4.68. The Bertz CT molecular complexity index is 581. The van der Waals surface area contributed by atoms with Crippen LogP contribution in [-0.2, 0) is 10.0 Å². The Kier molecular flexibility index (Phi) is 4.49. The number of sulfonamides is 1. The minimum atomic E-state index is -3.27. The van der Waals surface area contributed by atoms with Crippen molar-refractivity contribution in [1.29, 1.82) is 0 Å². The molecule has 0 saturated heterocycles. The average Bonchev–Trinajstić information content (AvgIpc) is 2.24. The molecule has 0 bridgehead atoms. The highest BCUT2D eigenvalue weighted by molar-refractivity contribution is 7.92. The zero-order valence-corrected chi connectivity index (χ0v) is 13.6. The normalized spacial score (nSPS) is 22.4. The van der Waals surface area contributed by atoms with Gasteiger partial charge < -0.3 is 5.32 Å². The largest absolute Gasteiger partial charge is 0.381 e. The summed E-state index contributed by atoms with van der Waals surface area (Å²) in [4.78, 5) is 0. The standard InChI is InChI=1S/C14H21ClN2O2S/c1-9(2)10-6-12(7-10)16-14-8-11(4-5-13(14)15)17-20(3,18)19/h4-5,8-10,12,16-17H,6-7H2,1-3H3. The van der Waals surface area contributed by atoms with E-state index in [4.69, 9.17) is 11.6 Å². The van der Waals surface area contributed by atoms with Gasteiger partial charge in [0.05, 0.1) is 22.7 Å². The van der Waals surface area contributed by atoms with E-state index in [1.807, 2.05) is 0 Å². The second kappa shape index (κ2) is 5.82. The third kappa shape index (κ3) is 4.03. The number of nitrogens with one attached hydrogen (secondary N) is 2. The first kappa shape index (κ1) is 15.4. The average molecular weight is 317 g/mol. The smallest absolute Gasteiger partial charge is 0.229 e. The molecule has 1 aliphatic carbocycles. The minimum Gasteiger partial charge on any atom is -0.381 e. The maximum atomic E-state index is 11.2. The van der Waals surface area contributed by atoms with Crippen molar-refractivity contribution >= 4 is 33.0 Å². The molecule has 1 fully saturated rings. The van der Waals surface area contributed by atoms with Crippen molar-refractivity contribution in [3.63, 3.8) is 0 Å². The van der Waals surface area contributed by atoms with Crippen LogP contribution in [0.2, 0.25) is 5.02 Å². The summed E-state index contributed by atoms with van der Waals surface area (Å²) >= 11 is 6.15. The molecule has 1 aromatic carbocycles. The van der Waals surface area contributed by atoms with Gasteiger partial charge in [0, 0.05) is 6.04 Å². The van der Waals surface area contributed by atoms with E-state index in [9.17, 15) is 8.42 Å². The molecule has 1 aliphatic rings. The highest BCUT2D eigenvalue weighted by atomic mass is 35.5. The fourth-order valence-electron chi connectivity index (χ4n) is 2.46. The van der Waals surface area contributed by atoms with Gasteiger partial charge in [-0.15, -0.1) is 0 Å². The molecule has 0 atom stereocenters. The van der Waals surface area contributed by atoms with Gasteiger partial charge in [-0.25, -0.2) is 8.42 Å². The van der Waals surface area contributed by atoms with Gasteiger partial charge in [0.1, 0.15) is 0 Å². The van der Waals surface area contributed by atoms with E-state index in [0.717, 1.165) is 30.7 Å². The van der Waals surface area contributed by atoms with Crippen LogP contribution in [0.15, 0.2) is 18.2 Å². The summed E-state index contributed by atoms with van der Waals surface area (Å²) in [6, 6.07) is 5.53. The highest BCUT2D eigenvalue weighted by Gasteiger charge is 2.31. The molecule has 6 heteroatoms. The van der Waals surface area contributed by atoms with Crippen LogP contribution in [0.25, 0.3) is 0 Å². The van der Waals surface area contributed by atoms with Crippen LogP contribution in [0.4, 0.5) is 11.4 Å². The lowest BCUT2D eigenvalue weighted by Crippen LogP contribution is -2.37. The van der Waals surface area contributed by atoms with Crippen molar-refractivity contribution < 1.29 is 8.42 Å². The van der Waals surface area contributed by atoms with Crippen molar-refractivity contribution in [2.75, 3.05) is 16.3 Å². The number of hydrogen-bond acceptors (Lipinski definition) is 3. The molecule has 0 heterocycles. The van der Waals surface area contributed by atoms with E-state index in [0.29, 0.717) is 22.7 Å². The van der Waals surface area contributed by atoms with Gasteiger partial charge in [-0.2, -0.15) is 0 Å². The van der Waals surface area contributed by atoms with Gasteiger partial charge >= 0.3 is 0 Å². The van der Waals surface area contributed by atoms with Crippen LogP contribution < -0.4 is 10.0 Å². The summed E-state index contributed by atoms with van der Waals surface area (Å²) < 4.78 is 24.9. The fourth-order valence-corrected chi connectivity index (χ4v) is 3.18. The molecule has 0 spiro atoms. The van der Waals surface area contributed by atoms with Gasteiger partial charge in [-0.3, -0.25) is 4.72 Å².